The van der Waals surface area contributed by atoms with Gasteiger partial charge in [0.1, 0.15) is 0 Å². The van der Waals surface area contributed by atoms with Crippen molar-refractivity contribution in [1.82, 2.24) is 9.62 Å². The number of alkyl halides is 3. The van der Waals surface area contributed by atoms with E-state index >= 15 is 0 Å². The van der Waals surface area contributed by atoms with E-state index in [1.54, 1.807) is 0 Å². The van der Waals surface area contributed by atoms with Gasteiger partial charge in [-0.25, -0.2) is 13.1 Å². The predicted molar refractivity (Wildman–Crippen MR) is 92.7 cm³/mol. The average molecular weight is 415 g/mol. The lowest BCUT2D eigenvalue weighted by molar-refractivity contribution is -0.137. The van der Waals surface area contributed by atoms with Crippen molar-refractivity contribution < 1.29 is 26.3 Å². The van der Waals surface area contributed by atoms with Crippen LogP contribution in [0, 0.1) is 5.92 Å². The van der Waals surface area contributed by atoms with E-state index in [1.807, 2.05) is 0 Å². The van der Waals surface area contributed by atoms with E-state index in [0.29, 0.717) is 25.1 Å². The highest BCUT2D eigenvalue weighted by Gasteiger charge is 2.34. The van der Waals surface area contributed by atoms with Crippen LogP contribution >= 0.6 is 11.6 Å². The lowest BCUT2D eigenvalue weighted by Crippen LogP contribution is -2.48. The maximum atomic E-state index is 12.9. The summed E-state index contributed by atoms with van der Waals surface area (Å²) in [6, 6.07) is 2.52. The molecule has 0 bridgehead atoms. The van der Waals surface area contributed by atoms with E-state index in [2.05, 4.69) is 23.5 Å². The van der Waals surface area contributed by atoms with Crippen LogP contribution in [0.5, 0.6) is 0 Å². The van der Waals surface area contributed by atoms with Gasteiger partial charge in [-0.15, -0.1) is 0 Å². The highest BCUT2D eigenvalue weighted by Crippen LogP contribution is 2.35. The molecule has 10 heteroatoms. The summed E-state index contributed by atoms with van der Waals surface area (Å²) < 4.78 is 71.3. The molecule has 1 saturated heterocycles. The molecule has 2 rings (SSSR count). The minimum atomic E-state index is -4.73. The number of rotatable bonds is 6. The molecule has 0 aromatic heterocycles. The number of nitrogens with one attached hydrogen (secondary N) is 1. The lowest BCUT2D eigenvalue weighted by atomic mass is 10.2. The Hall–Kier alpha value is -0.870. The summed E-state index contributed by atoms with van der Waals surface area (Å²) in [5.41, 5.74) is -1.18. The molecule has 1 heterocycles. The molecule has 1 atom stereocenters. The van der Waals surface area contributed by atoms with Crippen molar-refractivity contribution in [2.45, 2.75) is 31.0 Å². The average Bonchev–Trinajstić information content (AvgIpc) is 2.52. The van der Waals surface area contributed by atoms with Crippen molar-refractivity contribution in [2.24, 2.45) is 5.92 Å². The maximum Gasteiger partial charge on any atom is 0.417 e. The summed E-state index contributed by atoms with van der Waals surface area (Å²) in [5.74, 6) is 0.472. The second-order valence-electron chi connectivity index (χ2n) is 6.64. The predicted octanol–water partition coefficient (Wildman–Crippen LogP) is 2.99. The number of halogens is 4. The van der Waals surface area contributed by atoms with Gasteiger partial charge in [0, 0.05) is 26.2 Å². The molecule has 1 aromatic carbocycles. The maximum absolute atomic E-state index is 12.9. The first-order chi connectivity index (χ1) is 12.0. The standard InChI is InChI=1S/C16H22ClF3N2O3S/c1-11(2)9-22-5-6-25-12(10-22)8-21-26(23,24)13-3-4-15(17)14(7-13)16(18,19)20/h3-4,7,11-12,21H,5-6,8-10H2,1-2H3. The van der Waals surface area contributed by atoms with Gasteiger partial charge in [-0.3, -0.25) is 4.90 Å². The van der Waals surface area contributed by atoms with Gasteiger partial charge in [0.2, 0.25) is 10.0 Å². The SMILES string of the molecule is CC(C)CN1CCOC(CNS(=O)(=O)c2ccc(Cl)c(C(F)(F)F)c2)C1. The molecule has 0 amide bonds. The Kier molecular flexibility index (Phi) is 6.95. The molecule has 5 nitrogen and oxygen atoms in total. The van der Waals surface area contributed by atoms with Crippen LogP contribution in [-0.4, -0.2) is 52.2 Å². The summed E-state index contributed by atoms with van der Waals surface area (Å²) >= 11 is 5.53. The zero-order valence-corrected chi connectivity index (χ0v) is 16.1. The van der Waals surface area contributed by atoms with Crippen molar-refractivity contribution in [2.75, 3.05) is 32.8 Å². The highest BCUT2D eigenvalue weighted by atomic mass is 35.5. The van der Waals surface area contributed by atoms with E-state index in [4.69, 9.17) is 16.3 Å². The molecule has 0 saturated carbocycles. The van der Waals surface area contributed by atoms with Gasteiger partial charge >= 0.3 is 6.18 Å². The molecular weight excluding hydrogens is 393 g/mol. The zero-order chi connectivity index (χ0) is 19.5. The molecule has 148 valence electrons. The van der Waals surface area contributed by atoms with Gasteiger partial charge in [0.15, 0.2) is 0 Å². The van der Waals surface area contributed by atoms with Gasteiger partial charge in [-0.2, -0.15) is 13.2 Å². The summed E-state index contributed by atoms with van der Waals surface area (Å²) in [4.78, 5) is 1.70. The second kappa shape index (κ2) is 8.43. The zero-order valence-electron chi connectivity index (χ0n) is 14.5. The van der Waals surface area contributed by atoms with E-state index in [-0.39, 0.29) is 12.6 Å². The third-order valence-electron chi connectivity index (χ3n) is 3.90. The largest absolute Gasteiger partial charge is 0.417 e. The van der Waals surface area contributed by atoms with Crippen LogP contribution in [0.4, 0.5) is 13.2 Å². The van der Waals surface area contributed by atoms with E-state index in [0.717, 1.165) is 25.2 Å². The van der Waals surface area contributed by atoms with E-state index in [9.17, 15) is 21.6 Å². The molecule has 26 heavy (non-hydrogen) atoms. The number of morpholine rings is 1. The van der Waals surface area contributed by atoms with E-state index < -0.39 is 31.7 Å². The normalized spacial score (nSPS) is 19.9. The van der Waals surface area contributed by atoms with Gasteiger partial charge in [-0.05, 0) is 24.1 Å². The van der Waals surface area contributed by atoms with Gasteiger partial charge in [0.25, 0.3) is 0 Å². The van der Waals surface area contributed by atoms with E-state index in [1.165, 1.54) is 0 Å². The molecule has 0 radical (unpaired) electrons. The molecule has 0 spiro atoms. The Balaban J connectivity index is 2.05. The summed E-state index contributed by atoms with van der Waals surface area (Å²) in [6.45, 7) is 6.86. The van der Waals surface area contributed by atoms with Crippen molar-refractivity contribution >= 4 is 21.6 Å². The van der Waals surface area contributed by atoms with Crippen molar-refractivity contribution in [3.63, 3.8) is 0 Å². The molecule has 1 aromatic rings. The summed E-state index contributed by atoms with van der Waals surface area (Å²) in [7, 11) is -4.11. The molecular formula is C16H22ClF3N2O3S. The third kappa shape index (κ3) is 5.82. The Bertz CT molecular complexity index is 726. The van der Waals surface area contributed by atoms with Crippen LogP contribution in [-0.2, 0) is 20.9 Å². The topological polar surface area (TPSA) is 58.6 Å². The first-order valence-corrected chi connectivity index (χ1v) is 10.1. The smallest absolute Gasteiger partial charge is 0.374 e. The minimum absolute atomic E-state index is 0.0130. The molecule has 0 aliphatic carbocycles. The fourth-order valence-electron chi connectivity index (χ4n) is 2.76. The first-order valence-electron chi connectivity index (χ1n) is 8.19. The first kappa shape index (κ1) is 21.4. The Morgan fingerprint density at radius 2 is 2.08 bits per heavy atom. The van der Waals surface area contributed by atoms with Gasteiger partial charge in [0.05, 0.1) is 28.2 Å². The number of hydrogen-bond acceptors (Lipinski definition) is 4. The third-order valence-corrected chi connectivity index (χ3v) is 5.65. The lowest BCUT2D eigenvalue weighted by Gasteiger charge is -2.33. The summed E-state index contributed by atoms with van der Waals surface area (Å²) in [5, 5.41) is -0.545. The fourth-order valence-corrected chi connectivity index (χ4v) is 4.08. The van der Waals surface area contributed by atoms with Crippen molar-refractivity contribution in [3.05, 3.63) is 28.8 Å². The number of ether oxygens (including phenoxy) is 1. The second-order valence-corrected chi connectivity index (χ2v) is 8.81. The Morgan fingerprint density at radius 3 is 2.69 bits per heavy atom. The molecule has 1 aliphatic heterocycles. The number of sulfonamides is 1. The number of nitrogens with zero attached hydrogens (tertiary/aromatic N) is 1. The quantitative estimate of drug-likeness (QED) is 0.777. The molecule has 1 N–H and O–H groups in total. The van der Waals surface area contributed by atoms with Crippen LogP contribution in [0.1, 0.15) is 19.4 Å². The number of benzene rings is 1. The fraction of sp³-hybridized carbons (Fsp3) is 0.625. The van der Waals surface area contributed by atoms with Crippen molar-refractivity contribution in [1.29, 1.82) is 0 Å². The van der Waals surface area contributed by atoms with Crippen molar-refractivity contribution in [3.8, 4) is 0 Å². The minimum Gasteiger partial charge on any atom is -0.374 e. The van der Waals surface area contributed by atoms with Gasteiger partial charge in [-0.1, -0.05) is 25.4 Å². The molecule has 1 aliphatic rings. The van der Waals surface area contributed by atoms with Crippen LogP contribution in [0.15, 0.2) is 23.1 Å². The Labute approximate surface area is 156 Å². The van der Waals surface area contributed by atoms with Crippen LogP contribution in [0.25, 0.3) is 0 Å². The summed E-state index contributed by atoms with van der Waals surface area (Å²) in [6.07, 6.45) is -5.08. The van der Waals surface area contributed by atoms with Crippen LogP contribution < -0.4 is 4.72 Å². The number of hydrogen-bond donors (Lipinski definition) is 1. The highest BCUT2D eigenvalue weighted by molar-refractivity contribution is 7.89. The molecule has 1 unspecified atom stereocenters. The monoisotopic (exact) mass is 414 g/mol. The van der Waals surface area contributed by atoms with Crippen LogP contribution in [0.2, 0.25) is 5.02 Å². The van der Waals surface area contributed by atoms with Crippen LogP contribution in [0.3, 0.4) is 0 Å². The molecule has 1 fully saturated rings. The Morgan fingerprint density at radius 1 is 1.38 bits per heavy atom. The van der Waals surface area contributed by atoms with Gasteiger partial charge < -0.3 is 4.74 Å².